The largest absolute Gasteiger partial charge is 0.352 e. The lowest BCUT2D eigenvalue weighted by atomic mass is 9.94. The van der Waals surface area contributed by atoms with E-state index in [-0.39, 0.29) is 11.3 Å². The average Bonchev–Trinajstić information content (AvgIpc) is 2.99. The van der Waals surface area contributed by atoms with E-state index in [9.17, 15) is 4.79 Å². The van der Waals surface area contributed by atoms with Gasteiger partial charge in [0.25, 0.3) is 0 Å². The molecule has 1 aliphatic heterocycles. The summed E-state index contributed by atoms with van der Waals surface area (Å²) in [7, 11) is 0. The standard InChI is InChI=1S/C13H24N2O/c1-13(2,3)12(16)14-10-5-4-8-15(9-10)11-6-7-11/h10-11H,4-9H2,1-3H3,(H,14,16). The van der Waals surface area contributed by atoms with Gasteiger partial charge >= 0.3 is 0 Å². The Morgan fingerprint density at radius 1 is 1.25 bits per heavy atom. The summed E-state index contributed by atoms with van der Waals surface area (Å²) in [5, 5.41) is 3.19. The van der Waals surface area contributed by atoms with E-state index in [0.29, 0.717) is 6.04 Å². The van der Waals surface area contributed by atoms with Gasteiger partial charge < -0.3 is 5.32 Å². The zero-order valence-corrected chi connectivity index (χ0v) is 10.8. The monoisotopic (exact) mass is 224 g/mol. The van der Waals surface area contributed by atoms with Crippen molar-refractivity contribution in [1.29, 1.82) is 0 Å². The van der Waals surface area contributed by atoms with Gasteiger partial charge in [-0.1, -0.05) is 20.8 Å². The molecule has 1 unspecified atom stereocenters. The van der Waals surface area contributed by atoms with Crippen LogP contribution in [0, 0.1) is 5.41 Å². The fraction of sp³-hybridized carbons (Fsp3) is 0.923. The van der Waals surface area contributed by atoms with Crippen LogP contribution in [0.3, 0.4) is 0 Å². The summed E-state index contributed by atoms with van der Waals surface area (Å²) >= 11 is 0. The Bertz CT molecular complexity index is 266. The first-order valence-corrected chi connectivity index (χ1v) is 6.52. The van der Waals surface area contributed by atoms with Crippen LogP contribution in [0.15, 0.2) is 0 Å². The number of hydrogen-bond donors (Lipinski definition) is 1. The minimum Gasteiger partial charge on any atom is -0.352 e. The van der Waals surface area contributed by atoms with Crippen LogP contribution in [0.1, 0.15) is 46.5 Å². The summed E-state index contributed by atoms with van der Waals surface area (Å²) in [5.41, 5.74) is -0.262. The lowest BCUT2D eigenvalue weighted by molar-refractivity contribution is -0.129. The van der Waals surface area contributed by atoms with Crippen molar-refractivity contribution in [3.05, 3.63) is 0 Å². The van der Waals surface area contributed by atoms with E-state index in [1.54, 1.807) is 0 Å². The molecule has 1 saturated carbocycles. The maximum atomic E-state index is 11.9. The second kappa shape index (κ2) is 4.36. The predicted molar refractivity (Wildman–Crippen MR) is 65.2 cm³/mol. The zero-order chi connectivity index (χ0) is 11.8. The van der Waals surface area contributed by atoms with E-state index >= 15 is 0 Å². The van der Waals surface area contributed by atoms with Crippen LogP contribution < -0.4 is 5.32 Å². The molecule has 2 aliphatic rings. The van der Waals surface area contributed by atoms with Crippen LogP contribution in [0.5, 0.6) is 0 Å². The summed E-state index contributed by atoms with van der Waals surface area (Å²) < 4.78 is 0. The van der Waals surface area contributed by atoms with Crippen molar-refractivity contribution >= 4 is 5.91 Å². The normalized spacial score (nSPS) is 27.8. The van der Waals surface area contributed by atoms with Gasteiger partial charge in [0.15, 0.2) is 0 Å². The van der Waals surface area contributed by atoms with E-state index in [0.717, 1.165) is 19.0 Å². The fourth-order valence-electron chi connectivity index (χ4n) is 2.30. The molecule has 1 aliphatic carbocycles. The molecule has 2 rings (SSSR count). The first-order chi connectivity index (χ1) is 7.47. The molecule has 1 saturated heterocycles. The molecule has 16 heavy (non-hydrogen) atoms. The third kappa shape index (κ3) is 2.97. The van der Waals surface area contributed by atoms with Crippen molar-refractivity contribution in [2.24, 2.45) is 5.41 Å². The Balaban J connectivity index is 1.82. The molecule has 0 radical (unpaired) electrons. The molecule has 3 heteroatoms. The highest BCUT2D eigenvalue weighted by atomic mass is 16.2. The average molecular weight is 224 g/mol. The minimum absolute atomic E-state index is 0.190. The fourth-order valence-corrected chi connectivity index (χ4v) is 2.30. The van der Waals surface area contributed by atoms with E-state index in [2.05, 4.69) is 10.2 Å². The van der Waals surface area contributed by atoms with Gasteiger partial charge in [-0.15, -0.1) is 0 Å². The number of nitrogens with one attached hydrogen (secondary N) is 1. The molecule has 1 N–H and O–H groups in total. The third-order valence-electron chi connectivity index (χ3n) is 3.53. The Morgan fingerprint density at radius 2 is 1.94 bits per heavy atom. The number of hydrogen-bond acceptors (Lipinski definition) is 2. The highest BCUT2D eigenvalue weighted by molar-refractivity contribution is 5.81. The highest BCUT2D eigenvalue weighted by Gasteiger charge is 2.33. The Kier molecular flexibility index (Phi) is 3.24. The third-order valence-corrected chi connectivity index (χ3v) is 3.53. The lowest BCUT2D eigenvalue weighted by Crippen LogP contribution is -2.50. The van der Waals surface area contributed by atoms with Crippen molar-refractivity contribution < 1.29 is 4.79 Å². The van der Waals surface area contributed by atoms with Crippen LogP contribution in [-0.4, -0.2) is 36.0 Å². The van der Waals surface area contributed by atoms with Crippen molar-refractivity contribution in [2.45, 2.75) is 58.5 Å². The van der Waals surface area contributed by atoms with Crippen LogP contribution in [0.4, 0.5) is 0 Å². The number of carbonyl (C=O) groups is 1. The summed E-state index contributed by atoms with van der Waals surface area (Å²) in [6.07, 6.45) is 5.09. The quantitative estimate of drug-likeness (QED) is 0.775. The van der Waals surface area contributed by atoms with Crippen LogP contribution >= 0.6 is 0 Å². The zero-order valence-electron chi connectivity index (χ0n) is 10.8. The molecule has 0 spiro atoms. The van der Waals surface area contributed by atoms with Crippen molar-refractivity contribution in [2.75, 3.05) is 13.1 Å². The van der Waals surface area contributed by atoms with Gasteiger partial charge in [0.2, 0.25) is 5.91 Å². The molecule has 2 fully saturated rings. The summed E-state index contributed by atoms with van der Waals surface area (Å²) in [6.45, 7) is 8.22. The molecule has 92 valence electrons. The SMILES string of the molecule is CC(C)(C)C(=O)NC1CCCN(C2CC2)C1. The molecule has 1 heterocycles. The van der Waals surface area contributed by atoms with E-state index in [1.807, 2.05) is 20.8 Å². The van der Waals surface area contributed by atoms with Gasteiger partial charge in [0, 0.05) is 24.0 Å². The lowest BCUT2D eigenvalue weighted by Gasteiger charge is -2.34. The Morgan fingerprint density at radius 3 is 2.50 bits per heavy atom. The molecule has 0 aromatic heterocycles. The molecule has 0 aromatic rings. The first kappa shape index (κ1) is 11.9. The molecular formula is C13H24N2O. The number of amides is 1. The van der Waals surface area contributed by atoms with E-state index in [1.165, 1.54) is 25.8 Å². The maximum Gasteiger partial charge on any atom is 0.225 e. The molecule has 3 nitrogen and oxygen atoms in total. The first-order valence-electron chi connectivity index (χ1n) is 6.52. The predicted octanol–water partition coefficient (Wildman–Crippen LogP) is 1.78. The second-order valence-corrected chi connectivity index (χ2v) is 6.29. The maximum absolute atomic E-state index is 11.9. The molecule has 0 aromatic carbocycles. The second-order valence-electron chi connectivity index (χ2n) is 6.29. The van der Waals surface area contributed by atoms with E-state index in [4.69, 9.17) is 0 Å². The number of nitrogens with zero attached hydrogens (tertiary/aromatic N) is 1. The summed E-state index contributed by atoms with van der Waals surface area (Å²) in [5.74, 6) is 0.190. The molecule has 0 bridgehead atoms. The topological polar surface area (TPSA) is 32.3 Å². The van der Waals surface area contributed by atoms with Crippen LogP contribution in [0.25, 0.3) is 0 Å². The van der Waals surface area contributed by atoms with Gasteiger partial charge in [-0.2, -0.15) is 0 Å². The summed E-state index contributed by atoms with van der Waals surface area (Å²) in [6, 6.07) is 1.20. The van der Waals surface area contributed by atoms with Gasteiger partial charge in [-0.3, -0.25) is 9.69 Å². The molecule has 1 amide bonds. The van der Waals surface area contributed by atoms with Crippen LogP contribution in [0.2, 0.25) is 0 Å². The summed E-state index contributed by atoms with van der Waals surface area (Å²) in [4.78, 5) is 14.4. The van der Waals surface area contributed by atoms with E-state index < -0.39 is 0 Å². The van der Waals surface area contributed by atoms with Crippen LogP contribution in [-0.2, 0) is 4.79 Å². The number of likely N-dealkylation sites (tertiary alicyclic amines) is 1. The number of rotatable bonds is 2. The number of carbonyl (C=O) groups excluding carboxylic acids is 1. The van der Waals surface area contributed by atoms with Crippen molar-refractivity contribution in [3.63, 3.8) is 0 Å². The molecular weight excluding hydrogens is 200 g/mol. The smallest absolute Gasteiger partial charge is 0.225 e. The van der Waals surface area contributed by atoms with Gasteiger partial charge in [0.1, 0.15) is 0 Å². The van der Waals surface area contributed by atoms with Crippen molar-refractivity contribution in [3.8, 4) is 0 Å². The van der Waals surface area contributed by atoms with Gasteiger partial charge in [0.05, 0.1) is 0 Å². The highest BCUT2D eigenvalue weighted by Crippen LogP contribution is 2.29. The number of piperidine rings is 1. The Hall–Kier alpha value is -0.570. The minimum atomic E-state index is -0.262. The van der Waals surface area contributed by atoms with Gasteiger partial charge in [-0.25, -0.2) is 0 Å². The van der Waals surface area contributed by atoms with Gasteiger partial charge in [-0.05, 0) is 32.2 Å². The molecule has 1 atom stereocenters. The Labute approximate surface area is 98.6 Å². The van der Waals surface area contributed by atoms with Crippen molar-refractivity contribution in [1.82, 2.24) is 10.2 Å².